The third-order valence-corrected chi connectivity index (χ3v) is 7.99. The van der Waals surface area contributed by atoms with Gasteiger partial charge in [0.2, 0.25) is 5.88 Å². The highest BCUT2D eigenvalue weighted by Gasteiger charge is 2.38. The third-order valence-electron chi connectivity index (χ3n) is 7.03. The maximum atomic E-state index is 13.5. The molecular formula is C26H34Cl3N5O2. The summed E-state index contributed by atoms with van der Waals surface area (Å²) in [5.41, 5.74) is 1.10. The minimum atomic E-state index is 0.120. The molecule has 0 saturated carbocycles. The molecule has 0 spiro atoms. The Morgan fingerprint density at radius 1 is 1.03 bits per heavy atom. The molecule has 0 bridgehead atoms. The second kappa shape index (κ2) is 12.7. The molecule has 196 valence electrons. The van der Waals surface area contributed by atoms with Crippen molar-refractivity contribution in [2.24, 2.45) is 5.92 Å². The SMILES string of the molecule is CN(C)CCN1CCN(C(=O)N2C[C@@H](CCOc3ccc(Cl)cn3)[C@@H](c3ccc(Cl)c(Cl)c3)C2)CC1. The number of urea groups is 1. The number of aromatic nitrogens is 1. The number of ether oxygens (including phenoxy) is 1. The quantitative estimate of drug-likeness (QED) is 0.468. The van der Waals surface area contributed by atoms with Crippen LogP contribution in [-0.2, 0) is 0 Å². The van der Waals surface area contributed by atoms with Gasteiger partial charge in [0.05, 0.1) is 21.7 Å². The second-order valence-electron chi connectivity index (χ2n) is 9.81. The van der Waals surface area contributed by atoms with Crippen molar-refractivity contribution in [3.05, 3.63) is 57.2 Å². The van der Waals surface area contributed by atoms with Crippen molar-refractivity contribution in [3.63, 3.8) is 0 Å². The summed E-state index contributed by atoms with van der Waals surface area (Å²) in [5, 5.41) is 1.64. The van der Waals surface area contributed by atoms with E-state index < -0.39 is 0 Å². The monoisotopic (exact) mass is 553 g/mol. The lowest BCUT2D eigenvalue weighted by molar-refractivity contribution is 0.113. The van der Waals surface area contributed by atoms with Gasteiger partial charge in [-0.3, -0.25) is 4.90 Å². The Kier molecular flexibility index (Phi) is 9.58. The minimum absolute atomic E-state index is 0.120. The molecule has 0 unspecified atom stereocenters. The molecule has 0 aliphatic carbocycles. The number of hydrogen-bond acceptors (Lipinski definition) is 5. The fourth-order valence-electron chi connectivity index (χ4n) is 4.91. The summed E-state index contributed by atoms with van der Waals surface area (Å²) >= 11 is 18.4. The molecule has 36 heavy (non-hydrogen) atoms. The smallest absolute Gasteiger partial charge is 0.320 e. The summed E-state index contributed by atoms with van der Waals surface area (Å²) in [7, 11) is 4.18. The van der Waals surface area contributed by atoms with Gasteiger partial charge in [-0.1, -0.05) is 40.9 Å². The van der Waals surface area contributed by atoms with Gasteiger partial charge in [-0.25, -0.2) is 9.78 Å². The zero-order valence-electron chi connectivity index (χ0n) is 20.9. The molecule has 7 nitrogen and oxygen atoms in total. The summed E-state index contributed by atoms with van der Waals surface area (Å²) in [5.74, 6) is 0.940. The summed E-state index contributed by atoms with van der Waals surface area (Å²) in [6, 6.07) is 9.43. The van der Waals surface area contributed by atoms with Crippen LogP contribution in [0.25, 0.3) is 0 Å². The predicted octanol–water partition coefficient (Wildman–Crippen LogP) is 4.83. The normalized spacial score (nSPS) is 20.8. The van der Waals surface area contributed by atoms with Gasteiger partial charge in [0.25, 0.3) is 0 Å². The molecule has 10 heteroatoms. The largest absolute Gasteiger partial charge is 0.478 e. The molecule has 0 radical (unpaired) electrons. The van der Waals surface area contributed by atoms with E-state index in [-0.39, 0.29) is 17.9 Å². The number of likely N-dealkylation sites (tertiary alicyclic amines) is 1. The third kappa shape index (κ3) is 7.17. The average Bonchev–Trinajstić information content (AvgIpc) is 3.29. The van der Waals surface area contributed by atoms with Crippen molar-refractivity contribution < 1.29 is 9.53 Å². The predicted molar refractivity (Wildman–Crippen MR) is 146 cm³/mol. The number of benzene rings is 1. The van der Waals surface area contributed by atoms with Crippen LogP contribution in [0, 0.1) is 5.92 Å². The first-order valence-electron chi connectivity index (χ1n) is 12.4. The van der Waals surface area contributed by atoms with Gasteiger partial charge < -0.3 is 19.4 Å². The van der Waals surface area contributed by atoms with Gasteiger partial charge in [-0.15, -0.1) is 0 Å². The highest BCUT2D eigenvalue weighted by Crippen LogP contribution is 2.37. The van der Waals surface area contributed by atoms with E-state index in [4.69, 9.17) is 39.5 Å². The van der Waals surface area contributed by atoms with Crippen LogP contribution >= 0.6 is 34.8 Å². The van der Waals surface area contributed by atoms with Gasteiger partial charge in [0, 0.05) is 70.5 Å². The molecule has 1 aromatic heterocycles. The molecule has 0 N–H and O–H groups in total. The molecule has 2 saturated heterocycles. The second-order valence-corrected chi connectivity index (χ2v) is 11.1. The summed E-state index contributed by atoms with van der Waals surface area (Å²) < 4.78 is 5.87. The molecule has 2 fully saturated rings. The molecule has 1 aromatic carbocycles. The minimum Gasteiger partial charge on any atom is -0.478 e. The number of piperazine rings is 1. The van der Waals surface area contributed by atoms with Gasteiger partial charge in [-0.05, 0) is 50.2 Å². The lowest BCUT2D eigenvalue weighted by atomic mass is 9.87. The lowest BCUT2D eigenvalue weighted by Crippen LogP contribution is -2.53. The molecule has 2 amide bonds. The van der Waals surface area contributed by atoms with E-state index in [0.717, 1.165) is 51.3 Å². The van der Waals surface area contributed by atoms with Crippen LogP contribution in [0.5, 0.6) is 5.88 Å². The number of halogens is 3. The van der Waals surface area contributed by atoms with Crippen molar-refractivity contribution in [1.29, 1.82) is 0 Å². The van der Waals surface area contributed by atoms with Crippen molar-refractivity contribution in [2.75, 3.05) is 73.1 Å². The molecule has 2 aliphatic heterocycles. The Morgan fingerprint density at radius 3 is 2.47 bits per heavy atom. The van der Waals surface area contributed by atoms with Crippen molar-refractivity contribution in [2.45, 2.75) is 12.3 Å². The maximum Gasteiger partial charge on any atom is 0.320 e. The van der Waals surface area contributed by atoms with Crippen LogP contribution in [0.2, 0.25) is 15.1 Å². The Labute approximate surface area is 228 Å². The van der Waals surface area contributed by atoms with Gasteiger partial charge in [0.15, 0.2) is 0 Å². The van der Waals surface area contributed by atoms with Crippen molar-refractivity contribution >= 4 is 40.8 Å². The van der Waals surface area contributed by atoms with Crippen molar-refractivity contribution in [3.8, 4) is 5.88 Å². The summed E-state index contributed by atoms with van der Waals surface area (Å²) in [6.07, 6.45) is 2.36. The van der Waals surface area contributed by atoms with E-state index in [2.05, 4.69) is 28.9 Å². The Hall–Kier alpha value is -1.77. The fourth-order valence-corrected chi connectivity index (χ4v) is 5.33. The number of rotatable bonds is 8. The number of carbonyl (C=O) groups excluding carboxylic acids is 1. The average molecular weight is 555 g/mol. The lowest BCUT2D eigenvalue weighted by Gasteiger charge is -2.37. The highest BCUT2D eigenvalue weighted by molar-refractivity contribution is 6.42. The van der Waals surface area contributed by atoms with Gasteiger partial charge in [0.1, 0.15) is 0 Å². The van der Waals surface area contributed by atoms with Crippen molar-refractivity contribution in [1.82, 2.24) is 24.6 Å². The number of amides is 2. The summed E-state index contributed by atoms with van der Waals surface area (Å²) in [4.78, 5) is 26.3. The zero-order valence-corrected chi connectivity index (χ0v) is 23.1. The molecule has 4 rings (SSSR count). The Morgan fingerprint density at radius 2 is 1.81 bits per heavy atom. The first kappa shape index (κ1) is 27.3. The fraction of sp³-hybridized carbons (Fsp3) is 0.538. The highest BCUT2D eigenvalue weighted by atomic mass is 35.5. The zero-order chi connectivity index (χ0) is 25.7. The molecule has 2 atom stereocenters. The topological polar surface area (TPSA) is 52.2 Å². The Balaban J connectivity index is 1.39. The molecule has 3 heterocycles. The van der Waals surface area contributed by atoms with Crippen LogP contribution in [0.3, 0.4) is 0 Å². The van der Waals surface area contributed by atoms with E-state index in [0.29, 0.717) is 40.6 Å². The number of carbonyl (C=O) groups is 1. The van der Waals surface area contributed by atoms with Gasteiger partial charge >= 0.3 is 6.03 Å². The van der Waals surface area contributed by atoms with Crippen LogP contribution < -0.4 is 4.74 Å². The summed E-state index contributed by atoms with van der Waals surface area (Å²) in [6.45, 7) is 7.24. The van der Waals surface area contributed by atoms with E-state index in [1.54, 1.807) is 18.3 Å². The first-order chi connectivity index (χ1) is 17.3. The number of likely N-dealkylation sites (N-methyl/N-ethyl adjacent to an activating group) is 1. The maximum absolute atomic E-state index is 13.5. The molecular weight excluding hydrogens is 521 g/mol. The van der Waals surface area contributed by atoms with Crippen LogP contribution in [0.1, 0.15) is 17.9 Å². The molecule has 2 aliphatic rings. The Bertz CT molecular complexity index is 1020. The van der Waals surface area contributed by atoms with Crippen LogP contribution in [0.15, 0.2) is 36.5 Å². The van der Waals surface area contributed by atoms with Crippen LogP contribution in [0.4, 0.5) is 4.79 Å². The van der Waals surface area contributed by atoms with Gasteiger partial charge in [-0.2, -0.15) is 0 Å². The number of nitrogens with zero attached hydrogens (tertiary/aromatic N) is 5. The standard InChI is InChI=1S/C26H34Cl3N5O2/c1-31(2)8-9-32-10-12-33(13-11-32)26(35)34-17-20(7-14-36-25-6-4-21(27)16-30-25)22(18-34)19-3-5-23(28)24(29)15-19/h3-6,15-16,20,22H,7-14,17-18H2,1-2H3/t20-,22-/m1/s1. The molecule has 2 aromatic rings. The van der Waals surface area contributed by atoms with Crippen LogP contribution in [-0.4, -0.2) is 104 Å². The number of pyridine rings is 1. The van der Waals surface area contributed by atoms with E-state index >= 15 is 0 Å². The van der Waals surface area contributed by atoms with E-state index in [1.165, 1.54) is 0 Å². The van der Waals surface area contributed by atoms with E-state index in [9.17, 15) is 4.79 Å². The van der Waals surface area contributed by atoms with E-state index in [1.807, 2.05) is 28.0 Å². The first-order valence-corrected chi connectivity index (χ1v) is 13.5. The number of hydrogen-bond donors (Lipinski definition) is 0.